The Bertz CT molecular complexity index is 511. The van der Waals surface area contributed by atoms with Gasteiger partial charge in [0, 0.05) is 11.8 Å². The van der Waals surface area contributed by atoms with Gasteiger partial charge in [-0.25, -0.2) is 4.79 Å². The first kappa shape index (κ1) is 20.4. The number of rotatable bonds is 3. The summed E-state index contributed by atoms with van der Waals surface area (Å²) in [5.41, 5.74) is 0.285. The van der Waals surface area contributed by atoms with Crippen molar-refractivity contribution >= 4 is 23.5 Å². The van der Waals surface area contributed by atoms with Crippen molar-refractivity contribution in [1.82, 2.24) is 10.3 Å². The van der Waals surface area contributed by atoms with Gasteiger partial charge in [-0.2, -0.15) is 0 Å². The van der Waals surface area contributed by atoms with E-state index in [9.17, 15) is 9.59 Å². The van der Waals surface area contributed by atoms with Gasteiger partial charge in [0.2, 0.25) is 0 Å². The number of halogens is 1. The molecule has 0 unspecified atom stereocenters. The summed E-state index contributed by atoms with van der Waals surface area (Å²) in [6, 6.07) is 1.53. The van der Waals surface area contributed by atoms with E-state index in [4.69, 9.17) is 16.3 Å². The van der Waals surface area contributed by atoms with Gasteiger partial charge < -0.3 is 10.1 Å². The minimum Gasteiger partial charge on any atom is -0.444 e. The molecule has 124 valence electrons. The topological polar surface area (TPSA) is 68.3 Å². The summed E-state index contributed by atoms with van der Waals surface area (Å²) in [6.45, 7) is 11.1. The normalized spacial score (nSPS) is 10.3. The van der Waals surface area contributed by atoms with Gasteiger partial charge in [0.15, 0.2) is 5.78 Å². The molecule has 1 aromatic rings. The van der Waals surface area contributed by atoms with Crippen LogP contribution in [0.15, 0.2) is 12.3 Å². The number of hydrogen-bond acceptors (Lipinski definition) is 4. The van der Waals surface area contributed by atoms with E-state index in [0.29, 0.717) is 16.3 Å². The molecule has 0 aliphatic heterocycles. The fourth-order valence-electron chi connectivity index (χ4n) is 1.38. The Morgan fingerprint density at radius 1 is 1.32 bits per heavy atom. The van der Waals surface area contributed by atoms with Gasteiger partial charge in [0.1, 0.15) is 5.60 Å². The van der Waals surface area contributed by atoms with E-state index in [1.165, 1.54) is 25.6 Å². The number of carbonyl (C=O) groups excluding carboxylic acids is 2. The summed E-state index contributed by atoms with van der Waals surface area (Å²) in [7, 11) is 0. The number of pyridine rings is 1. The molecule has 1 N–H and O–H groups in total. The van der Waals surface area contributed by atoms with E-state index in [1.807, 2.05) is 0 Å². The van der Waals surface area contributed by atoms with Crippen LogP contribution in [0.25, 0.3) is 0 Å². The molecule has 1 amide bonds. The molecule has 1 rings (SSSR count). The van der Waals surface area contributed by atoms with Gasteiger partial charge in [0.25, 0.3) is 0 Å². The van der Waals surface area contributed by atoms with Crippen LogP contribution < -0.4 is 5.32 Å². The van der Waals surface area contributed by atoms with Crippen LogP contribution in [0.3, 0.4) is 0 Å². The minimum absolute atomic E-state index is 0.112. The minimum atomic E-state index is -0.569. The van der Waals surface area contributed by atoms with E-state index < -0.39 is 11.7 Å². The largest absolute Gasteiger partial charge is 0.444 e. The fourth-order valence-corrected chi connectivity index (χ4v) is 1.54. The Kier molecular flexibility index (Phi) is 8.72. The zero-order valence-electron chi connectivity index (χ0n) is 14.1. The quantitative estimate of drug-likeness (QED) is 0.836. The maximum Gasteiger partial charge on any atom is 0.407 e. The predicted molar refractivity (Wildman–Crippen MR) is 88.3 cm³/mol. The lowest BCUT2D eigenvalue weighted by Crippen LogP contribution is -2.32. The smallest absolute Gasteiger partial charge is 0.407 e. The molecule has 0 aliphatic carbocycles. The molecule has 0 spiro atoms. The van der Waals surface area contributed by atoms with Crippen molar-refractivity contribution in [2.45, 2.75) is 60.1 Å². The third-order valence-electron chi connectivity index (χ3n) is 2.12. The van der Waals surface area contributed by atoms with Crippen LogP contribution in [0.4, 0.5) is 4.79 Å². The SMILES string of the molecule is CC(=O)c1cc(Cl)cnc1CNC(=O)OC(C)(C)C.CCC. The van der Waals surface area contributed by atoms with Gasteiger partial charge in [0.05, 0.1) is 17.3 Å². The number of carbonyl (C=O) groups is 2. The Morgan fingerprint density at radius 3 is 2.32 bits per heavy atom. The van der Waals surface area contributed by atoms with Crippen LogP contribution in [0, 0.1) is 0 Å². The molecule has 22 heavy (non-hydrogen) atoms. The van der Waals surface area contributed by atoms with Crippen LogP contribution in [-0.2, 0) is 11.3 Å². The summed E-state index contributed by atoms with van der Waals surface area (Å²) in [5.74, 6) is -0.156. The molecule has 0 bridgehead atoms. The molecule has 5 nitrogen and oxygen atoms in total. The summed E-state index contributed by atoms with van der Waals surface area (Å²) in [5, 5.41) is 2.93. The van der Waals surface area contributed by atoms with Crippen molar-refractivity contribution in [1.29, 1.82) is 0 Å². The van der Waals surface area contributed by atoms with Crippen molar-refractivity contribution in [2.24, 2.45) is 0 Å². The molecule has 0 fully saturated rings. The molecule has 1 aromatic heterocycles. The lowest BCUT2D eigenvalue weighted by molar-refractivity contribution is 0.0522. The fraction of sp³-hybridized carbons (Fsp3) is 0.562. The van der Waals surface area contributed by atoms with Crippen molar-refractivity contribution in [3.63, 3.8) is 0 Å². The van der Waals surface area contributed by atoms with Gasteiger partial charge in [-0.1, -0.05) is 31.9 Å². The van der Waals surface area contributed by atoms with Crippen molar-refractivity contribution in [2.75, 3.05) is 0 Å². The number of amides is 1. The maximum absolute atomic E-state index is 11.5. The third kappa shape index (κ3) is 8.62. The van der Waals surface area contributed by atoms with Crippen LogP contribution in [-0.4, -0.2) is 22.5 Å². The molecule has 0 atom stereocenters. The number of alkyl carbamates (subject to hydrolysis) is 1. The van der Waals surface area contributed by atoms with E-state index in [-0.39, 0.29) is 12.3 Å². The summed E-state index contributed by atoms with van der Waals surface area (Å²) < 4.78 is 5.09. The number of ketones is 1. The first-order valence-corrected chi connectivity index (χ1v) is 7.60. The summed E-state index contributed by atoms with van der Waals surface area (Å²) in [4.78, 5) is 27.0. The third-order valence-corrected chi connectivity index (χ3v) is 2.32. The number of Topliss-reactive ketones (excluding diaryl/α,β-unsaturated/α-hetero) is 1. The second kappa shape index (κ2) is 9.41. The van der Waals surface area contributed by atoms with E-state index in [2.05, 4.69) is 24.1 Å². The first-order valence-electron chi connectivity index (χ1n) is 7.22. The van der Waals surface area contributed by atoms with Crippen LogP contribution in [0.1, 0.15) is 64.0 Å². The second-order valence-electron chi connectivity index (χ2n) is 5.77. The lowest BCUT2D eigenvalue weighted by Gasteiger charge is -2.19. The number of hydrogen-bond donors (Lipinski definition) is 1. The van der Waals surface area contributed by atoms with Gasteiger partial charge in [-0.15, -0.1) is 0 Å². The van der Waals surface area contributed by atoms with E-state index in [1.54, 1.807) is 20.8 Å². The molecule has 6 heteroatoms. The molecule has 0 aromatic carbocycles. The van der Waals surface area contributed by atoms with E-state index >= 15 is 0 Å². The monoisotopic (exact) mass is 328 g/mol. The van der Waals surface area contributed by atoms with Crippen LogP contribution in [0.5, 0.6) is 0 Å². The molecule has 0 saturated heterocycles. The standard InChI is InChI=1S/C13H17ClN2O3.C3H8/c1-8(17)10-5-9(14)6-15-11(10)7-16-12(18)19-13(2,3)4;1-3-2/h5-6H,7H2,1-4H3,(H,16,18);3H2,1-2H3. The molecular weight excluding hydrogens is 304 g/mol. The first-order chi connectivity index (χ1) is 10.1. The van der Waals surface area contributed by atoms with Gasteiger partial charge >= 0.3 is 6.09 Å². The summed E-state index contributed by atoms with van der Waals surface area (Å²) >= 11 is 5.78. The second-order valence-corrected chi connectivity index (χ2v) is 6.20. The summed E-state index contributed by atoms with van der Waals surface area (Å²) in [6.07, 6.45) is 2.12. The average Bonchev–Trinajstić information content (AvgIpc) is 2.36. The average molecular weight is 329 g/mol. The van der Waals surface area contributed by atoms with Gasteiger partial charge in [-0.05, 0) is 33.8 Å². The Hall–Kier alpha value is -1.62. The molecule has 0 aliphatic rings. The zero-order valence-corrected chi connectivity index (χ0v) is 14.9. The molecule has 1 heterocycles. The Morgan fingerprint density at radius 2 is 1.86 bits per heavy atom. The lowest BCUT2D eigenvalue weighted by atomic mass is 10.1. The van der Waals surface area contributed by atoms with Crippen LogP contribution >= 0.6 is 11.6 Å². The molecule has 0 radical (unpaired) electrons. The zero-order chi connectivity index (χ0) is 17.3. The number of nitrogens with zero attached hydrogens (tertiary/aromatic N) is 1. The van der Waals surface area contributed by atoms with Crippen molar-refractivity contribution in [3.05, 3.63) is 28.5 Å². The maximum atomic E-state index is 11.5. The molecule has 0 saturated carbocycles. The predicted octanol–water partition coefficient (Wildman–Crippen LogP) is 4.38. The Labute approximate surface area is 137 Å². The van der Waals surface area contributed by atoms with Crippen molar-refractivity contribution in [3.8, 4) is 0 Å². The highest BCUT2D eigenvalue weighted by molar-refractivity contribution is 6.30. The highest BCUT2D eigenvalue weighted by atomic mass is 35.5. The van der Waals surface area contributed by atoms with Crippen LogP contribution in [0.2, 0.25) is 5.02 Å². The van der Waals surface area contributed by atoms with E-state index in [0.717, 1.165) is 0 Å². The number of nitrogens with one attached hydrogen (secondary N) is 1. The highest BCUT2D eigenvalue weighted by Gasteiger charge is 2.17. The molecular formula is C16H25ClN2O3. The van der Waals surface area contributed by atoms with Crippen molar-refractivity contribution < 1.29 is 14.3 Å². The number of ether oxygens (including phenoxy) is 1. The number of aromatic nitrogens is 1. The van der Waals surface area contributed by atoms with Gasteiger partial charge in [-0.3, -0.25) is 9.78 Å². The highest BCUT2D eigenvalue weighted by Crippen LogP contribution is 2.14. The Balaban J connectivity index is 0.00000135.